The average molecular weight is 297 g/mol. The summed E-state index contributed by atoms with van der Waals surface area (Å²) in [6.07, 6.45) is 10.3. The molecular formula is C17H31NO3. The molecule has 4 atom stereocenters. The molecule has 1 aliphatic carbocycles. The first-order valence-electron chi connectivity index (χ1n) is 8.94. The summed E-state index contributed by atoms with van der Waals surface area (Å²) in [5.41, 5.74) is 0. The van der Waals surface area contributed by atoms with E-state index in [1.807, 2.05) is 0 Å². The van der Waals surface area contributed by atoms with E-state index in [1.54, 1.807) is 0 Å². The van der Waals surface area contributed by atoms with E-state index in [0.29, 0.717) is 13.2 Å². The quantitative estimate of drug-likeness (QED) is 0.816. The first kappa shape index (κ1) is 15.7. The molecule has 2 saturated heterocycles. The van der Waals surface area contributed by atoms with Gasteiger partial charge in [0.25, 0.3) is 0 Å². The maximum Gasteiger partial charge on any atom is 0.0900 e. The van der Waals surface area contributed by atoms with Gasteiger partial charge in [-0.3, -0.25) is 4.90 Å². The fraction of sp³-hybridized carbons (Fsp3) is 1.00. The van der Waals surface area contributed by atoms with Crippen LogP contribution in [0.25, 0.3) is 0 Å². The van der Waals surface area contributed by atoms with Gasteiger partial charge in [-0.25, -0.2) is 0 Å². The zero-order valence-corrected chi connectivity index (χ0v) is 13.2. The molecule has 3 rings (SSSR count). The predicted octanol–water partition coefficient (Wildman–Crippen LogP) is 2.20. The smallest absolute Gasteiger partial charge is 0.0900 e. The van der Waals surface area contributed by atoms with Crippen LogP contribution in [0.2, 0.25) is 0 Å². The van der Waals surface area contributed by atoms with Gasteiger partial charge in [0.05, 0.1) is 25.4 Å². The first-order valence-corrected chi connectivity index (χ1v) is 8.94. The molecule has 4 heteroatoms. The number of aliphatic hydroxyl groups is 1. The lowest BCUT2D eigenvalue weighted by Crippen LogP contribution is -2.50. The van der Waals surface area contributed by atoms with Gasteiger partial charge in [0.2, 0.25) is 0 Å². The highest BCUT2D eigenvalue weighted by Crippen LogP contribution is 2.35. The van der Waals surface area contributed by atoms with Crippen molar-refractivity contribution < 1.29 is 14.6 Å². The van der Waals surface area contributed by atoms with Crippen molar-refractivity contribution in [3.63, 3.8) is 0 Å². The molecule has 4 nitrogen and oxygen atoms in total. The fourth-order valence-corrected chi connectivity index (χ4v) is 4.39. The van der Waals surface area contributed by atoms with Crippen molar-refractivity contribution in [2.75, 3.05) is 32.9 Å². The van der Waals surface area contributed by atoms with E-state index in [0.717, 1.165) is 44.5 Å². The number of hydrogen-bond acceptors (Lipinski definition) is 4. The van der Waals surface area contributed by atoms with Gasteiger partial charge in [-0.1, -0.05) is 12.8 Å². The van der Waals surface area contributed by atoms with Gasteiger partial charge in [-0.05, 0) is 51.0 Å². The van der Waals surface area contributed by atoms with Crippen molar-refractivity contribution in [2.24, 2.45) is 5.92 Å². The Morgan fingerprint density at radius 3 is 2.81 bits per heavy atom. The van der Waals surface area contributed by atoms with Crippen molar-refractivity contribution in [1.29, 1.82) is 0 Å². The lowest BCUT2D eigenvalue weighted by atomic mass is 9.78. The number of piperidine rings is 1. The highest BCUT2D eigenvalue weighted by atomic mass is 16.5. The molecule has 21 heavy (non-hydrogen) atoms. The summed E-state index contributed by atoms with van der Waals surface area (Å²) < 4.78 is 11.2. The van der Waals surface area contributed by atoms with Crippen LogP contribution >= 0.6 is 0 Å². The number of hydrogen-bond donors (Lipinski definition) is 1. The fourth-order valence-electron chi connectivity index (χ4n) is 4.39. The second kappa shape index (κ2) is 7.91. The van der Waals surface area contributed by atoms with Crippen LogP contribution in [0.15, 0.2) is 0 Å². The largest absolute Gasteiger partial charge is 0.389 e. The molecule has 4 unspecified atom stereocenters. The molecule has 2 heterocycles. The average Bonchev–Trinajstić information content (AvgIpc) is 3.01. The van der Waals surface area contributed by atoms with Crippen molar-refractivity contribution in [1.82, 2.24) is 4.90 Å². The minimum atomic E-state index is -0.355. The second-order valence-electron chi connectivity index (χ2n) is 7.08. The molecule has 0 aromatic heterocycles. The molecule has 0 amide bonds. The molecule has 122 valence electrons. The minimum Gasteiger partial charge on any atom is -0.389 e. The molecule has 1 N–H and O–H groups in total. The summed E-state index contributed by atoms with van der Waals surface area (Å²) in [4.78, 5) is 2.54. The van der Waals surface area contributed by atoms with Crippen molar-refractivity contribution >= 4 is 0 Å². The van der Waals surface area contributed by atoms with Gasteiger partial charge in [0, 0.05) is 19.2 Å². The van der Waals surface area contributed by atoms with Crippen LogP contribution in [-0.4, -0.2) is 61.2 Å². The van der Waals surface area contributed by atoms with E-state index < -0.39 is 0 Å². The summed E-state index contributed by atoms with van der Waals surface area (Å²) in [7, 11) is 0. The number of rotatable bonds is 6. The molecule has 0 bridgehead atoms. The maximum absolute atomic E-state index is 10.3. The molecule has 3 fully saturated rings. The van der Waals surface area contributed by atoms with Gasteiger partial charge < -0.3 is 14.6 Å². The predicted molar refractivity (Wildman–Crippen MR) is 82.4 cm³/mol. The Kier molecular flexibility index (Phi) is 5.92. The van der Waals surface area contributed by atoms with E-state index in [1.165, 1.54) is 38.5 Å². The molecule has 1 saturated carbocycles. The lowest BCUT2D eigenvalue weighted by Gasteiger charge is -2.44. The Hall–Kier alpha value is -0.160. The highest BCUT2D eigenvalue weighted by Gasteiger charge is 2.33. The second-order valence-corrected chi connectivity index (χ2v) is 7.08. The van der Waals surface area contributed by atoms with Gasteiger partial charge >= 0.3 is 0 Å². The summed E-state index contributed by atoms with van der Waals surface area (Å²) in [5.74, 6) is 0.882. The molecule has 0 aromatic rings. The summed E-state index contributed by atoms with van der Waals surface area (Å²) in [6, 6.07) is 0.723. The van der Waals surface area contributed by atoms with Gasteiger partial charge in [-0.15, -0.1) is 0 Å². The van der Waals surface area contributed by atoms with E-state index in [9.17, 15) is 5.11 Å². The summed E-state index contributed by atoms with van der Waals surface area (Å²) in [6.45, 7) is 3.90. The van der Waals surface area contributed by atoms with E-state index in [4.69, 9.17) is 9.47 Å². The van der Waals surface area contributed by atoms with E-state index in [-0.39, 0.29) is 12.2 Å². The monoisotopic (exact) mass is 297 g/mol. The minimum absolute atomic E-state index is 0.259. The van der Waals surface area contributed by atoms with E-state index in [2.05, 4.69) is 4.90 Å². The lowest BCUT2D eigenvalue weighted by molar-refractivity contribution is -0.0392. The molecular weight excluding hydrogens is 266 g/mol. The van der Waals surface area contributed by atoms with Gasteiger partial charge in [0.1, 0.15) is 0 Å². The topological polar surface area (TPSA) is 41.9 Å². The number of fused-ring (bicyclic) bond motifs is 1. The molecule has 0 aromatic carbocycles. The van der Waals surface area contributed by atoms with Crippen LogP contribution in [0.5, 0.6) is 0 Å². The zero-order valence-electron chi connectivity index (χ0n) is 13.2. The van der Waals surface area contributed by atoms with Crippen LogP contribution in [0.1, 0.15) is 51.4 Å². The Morgan fingerprint density at radius 2 is 1.95 bits per heavy atom. The Bertz CT molecular complexity index is 304. The zero-order chi connectivity index (χ0) is 14.5. The summed E-state index contributed by atoms with van der Waals surface area (Å²) in [5, 5.41) is 10.3. The Morgan fingerprint density at radius 1 is 1.10 bits per heavy atom. The third kappa shape index (κ3) is 4.41. The van der Waals surface area contributed by atoms with Crippen LogP contribution < -0.4 is 0 Å². The maximum atomic E-state index is 10.3. The number of aliphatic hydroxyl groups excluding tert-OH is 1. The van der Waals surface area contributed by atoms with Crippen molar-refractivity contribution in [3.8, 4) is 0 Å². The van der Waals surface area contributed by atoms with Crippen LogP contribution in [0, 0.1) is 5.92 Å². The number of nitrogens with zero attached hydrogens (tertiary/aromatic N) is 1. The summed E-state index contributed by atoms with van der Waals surface area (Å²) >= 11 is 0. The van der Waals surface area contributed by atoms with Gasteiger partial charge in [-0.2, -0.15) is 0 Å². The highest BCUT2D eigenvalue weighted by molar-refractivity contribution is 4.88. The third-order valence-electron chi connectivity index (χ3n) is 5.44. The van der Waals surface area contributed by atoms with Crippen LogP contribution in [-0.2, 0) is 9.47 Å². The van der Waals surface area contributed by atoms with Crippen LogP contribution in [0.3, 0.4) is 0 Å². The normalized spacial score (nSPS) is 35.6. The SMILES string of the molecule is OC(COCC1CCCO1)CN1CCCC2CCCCC21. The number of ether oxygens (including phenoxy) is 2. The number of likely N-dealkylation sites (tertiary alicyclic amines) is 1. The number of β-amino-alcohol motifs (C(OH)–C–C–N with tert-alkyl or cyclic N) is 1. The van der Waals surface area contributed by atoms with Crippen molar-refractivity contribution in [2.45, 2.75) is 69.6 Å². The first-order chi connectivity index (χ1) is 10.3. The van der Waals surface area contributed by atoms with Crippen molar-refractivity contribution in [3.05, 3.63) is 0 Å². The molecule has 0 radical (unpaired) electrons. The molecule has 0 spiro atoms. The van der Waals surface area contributed by atoms with E-state index >= 15 is 0 Å². The molecule has 2 aliphatic heterocycles. The van der Waals surface area contributed by atoms with Crippen LogP contribution in [0.4, 0.5) is 0 Å². The molecule has 3 aliphatic rings. The Labute approximate surface area is 128 Å². The Balaban J connectivity index is 1.37. The third-order valence-corrected chi connectivity index (χ3v) is 5.44. The van der Waals surface area contributed by atoms with Gasteiger partial charge in [0.15, 0.2) is 0 Å². The standard InChI is InChI=1S/C17H31NO3/c19-15(12-20-13-16-7-4-10-21-16)11-18-9-3-6-14-5-1-2-8-17(14)18/h14-17,19H,1-13H2.